The third kappa shape index (κ3) is 2.36. The Balaban J connectivity index is 3.01. The molecule has 0 aliphatic heterocycles. The van der Waals surface area contributed by atoms with Crippen molar-refractivity contribution < 1.29 is 5.11 Å². The van der Waals surface area contributed by atoms with E-state index < -0.39 is 0 Å². The lowest BCUT2D eigenvalue weighted by Gasteiger charge is -2.25. The zero-order valence-corrected chi connectivity index (χ0v) is 9.59. The van der Waals surface area contributed by atoms with Crippen LogP contribution in [0.3, 0.4) is 0 Å². The lowest BCUT2D eigenvalue weighted by atomic mass is 9.81. The molecule has 0 atom stereocenters. The van der Waals surface area contributed by atoms with E-state index in [4.69, 9.17) is 5.11 Å². The molecule has 1 aromatic carbocycles. The molecule has 0 heterocycles. The number of aliphatic hydroxyl groups is 1. The van der Waals surface area contributed by atoms with Crippen LogP contribution in [0.1, 0.15) is 37.0 Å². The van der Waals surface area contributed by atoms with E-state index in [1.165, 1.54) is 16.7 Å². The number of aryl methyl sites for hydroxylation is 2. The van der Waals surface area contributed by atoms with E-state index in [1.807, 2.05) is 0 Å². The summed E-state index contributed by atoms with van der Waals surface area (Å²) in [5.41, 5.74) is 4.05. The SMILES string of the molecule is Cc1ccc(C(C)(C)CCO)cc1C. The van der Waals surface area contributed by atoms with E-state index >= 15 is 0 Å². The standard InChI is InChI=1S/C13H20O/c1-10-5-6-12(9-11(10)2)13(3,4)7-8-14/h5-6,9,14H,7-8H2,1-4H3. The first-order valence-corrected chi connectivity index (χ1v) is 5.16. The number of aliphatic hydroxyl groups excluding tert-OH is 1. The van der Waals surface area contributed by atoms with Gasteiger partial charge in [0.1, 0.15) is 0 Å². The van der Waals surface area contributed by atoms with Crippen LogP contribution in [-0.2, 0) is 5.41 Å². The average molecular weight is 192 g/mol. The Labute approximate surface area is 86.8 Å². The number of benzene rings is 1. The highest BCUT2D eigenvalue weighted by atomic mass is 16.3. The van der Waals surface area contributed by atoms with E-state index in [2.05, 4.69) is 45.9 Å². The van der Waals surface area contributed by atoms with Gasteiger partial charge in [0.25, 0.3) is 0 Å². The highest BCUT2D eigenvalue weighted by Gasteiger charge is 2.19. The fourth-order valence-corrected chi connectivity index (χ4v) is 1.59. The molecule has 1 N–H and O–H groups in total. The van der Waals surface area contributed by atoms with Gasteiger partial charge in [0, 0.05) is 6.61 Å². The van der Waals surface area contributed by atoms with Crippen molar-refractivity contribution in [3.63, 3.8) is 0 Å². The maximum absolute atomic E-state index is 8.99. The Hall–Kier alpha value is -0.820. The van der Waals surface area contributed by atoms with Gasteiger partial charge < -0.3 is 5.11 Å². The van der Waals surface area contributed by atoms with Crippen LogP contribution in [0.4, 0.5) is 0 Å². The summed E-state index contributed by atoms with van der Waals surface area (Å²) in [4.78, 5) is 0. The summed E-state index contributed by atoms with van der Waals surface area (Å²) in [5, 5.41) is 8.99. The molecule has 1 heteroatoms. The molecule has 78 valence electrons. The molecule has 1 aromatic rings. The van der Waals surface area contributed by atoms with Crippen molar-refractivity contribution in [2.45, 2.75) is 39.5 Å². The van der Waals surface area contributed by atoms with Crippen molar-refractivity contribution in [1.29, 1.82) is 0 Å². The van der Waals surface area contributed by atoms with Crippen LogP contribution in [0.2, 0.25) is 0 Å². The van der Waals surface area contributed by atoms with Crippen molar-refractivity contribution in [3.05, 3.63) is 34.9 Å². The fraction of sp³-hybridized carbons (Fsp3) is 0.538. The molecule has 0 saturated heterocycles. The molecule has 0 aromatic heterocycles. The molecule has 1 rings (SSSR count). The van der Waals surface area contributed by atoms with Gasteiger partial charge >= 0.3 is 0 Å². The fourth-order valence-electron chi connectivity index (χ4n) is 1.59. The number of rotatable bonds is 3. The van der Waals surface area contributed by atoms with E-state index in [0.29, 0.717) is 0 Å². The van der Waals surface area contributed by atoms with Crippen molar-refractivity contribution in [1.82, 2.24) is 0 Å². The lowest BCUT2D eigenvalue weighted by Crippen LogP contribution is -2.18. The van der Waals surface area contributed by atoms with E-state index in [9.17, 15) is 0 Å². The largest absolute Gasteiger partial charge is 0.396 e. The van der Waals surface area contributed by atoms with Crippen molar-refractivity contribution in [2.24, 2.45) is 0 Å². The van der Waals surface area contributed by atoms with Gasteiger partial charge in [-0.25, -0.2) is 0 Å². The van der Waals surface area contributed by atoms with Gasteiger partial charge in [-0.15, -0.1) is 0 Å². The van der Waals surface area contributed by atoms with Gasteiger partial charge in [-0.05, 0) is 42.4 Å². The summed E-state index contributed by atoms with van der Waals surface area (Å²) in [6.45, 7) is 8.85. The molecule has 0 radical (unpaired) electrons. The number of hydrogen-bond donors (Lipinski definition) is 1. The monoisotopic (exact) mass is 192 g/mol. The van der Waals surface area contributed by atoms with E-state index in [1.54, 1.807) is 0 Å². The minimum Gasteiger partial charge on any atom is -0.396 e. The highest BCUT2D eigenvalue weighted by Crippen LogP contribution is 2.27. The van der Waals surface area contributed by atoms with Gasteiger partial charge in [0.05, 0.1) is 0 Å². The Kier molecular flexibility index (Phi) is 3.33. The summed E-state index contributed by atoms with van der Waals surface area (Å²) in [7, 11) is 0. The quantitative estimate of drug-likeness (QED) is 0.780. The van der Waals surface area contributed by atoms with Gasteiger partial charge in [-0.2, -0.15) is 0 Å². The highest BCUT2D eigenvalue weighted by molar-refractivity contribution is 5.33. The Morgan fingerprint density at radius 3 is 2.29 bits per heavy atom. The molecule has 0 amide bonds. The van der Waals surface area contributed by atoms with Crippen molar-refractivity contribution in [2.75, 3.05) is 6.61 Å². The molecule has 0 unspecified atom stereocenters. The molecule has 1 nitrogen and oxygen atoms in total. The summed E-state index contributed by atoms with van der Waals surface area (Å²) < 4.78 is 0. The average Bonchev–Trinajstić information content (AvgIpc) is 2.09. The van der Waals surface area contributed by atoms with Crippen LogP contribution in [0.5, 0.6) is 0 Å². The van der Waals surface area contributed by atoms with E-state index in [-0.39, 0.29) is 12.0 Å². The molecule has 0 fully saturated rings. The maximum Gasteiger partial charge on any atom is 0.0439 e. The van der Waals surface area contributed by atoms with Crippen LogP contribution in [0.15, 0.2) is 18.2 Å². The van der Waals surface area contributed by atoms with Crippen LogP contribution >= 0.6 is 0 Å². The topological polar surface area (TPSA) is 20.2 Å². The van der Waals surface area contributed by atoms with Gasteiger partial charge in [0.2, 0.25) is 0 Å². The second kappa shape index (κ2) is 4.14. The molecular formula is C13H20O. The Bertz CT molecular complexity index is 313. The third-order valence-corrected chi connectivity index (χ3v) is 3.03. The number of hydrogen-bond acceptors (Lipinski definition) is 1. The normalized spacial score (nSPS) is 11.8. The smallest absolute Gasteiger partial charge is 0.0439 e. The summed E-state index contributed by atoms with van der Waals surface area (Å²) in [5.74, 6) is 0. The first-order valence-electron chi connectivity index (χ1n) is 5.16. The molecule has 14 heavy (non-hydrogen) atoms. The predicted octanol–water partition coefficient (Wildman–Crippen LogP) is 2.96. The zero-order chi connectivity index (χ0) is 10.8. The predicted molar refractivity (Wildman–Crippen MR) is 60.6 cm³/mol. The lowest BCUT2D eigenvalue weighted by molar-refractivity contribution is 0.252. The molecule has 0 spiro atoms. The second-order valence-corrected chi connectivity index (χ2v) is 4.66. The minimum atomic E-state index is 0.0766. The van der Waals surface area contributed by atoms with Crippen LogP contribution in [0, 0.1) is 13.8 Å². The van der Waals surface area contributed by atoms with Crippen molar-refractivity contribution >= 4 is 0 Å². The summed E-state index contributed by atoms with van der Waals surface area (Å²) >= 11 is 0. The first kappa shape index (κ1) is 11.3. The first-order chi connectivity index (χ1) is 6.47. The molecule has 0 bridgehead atoms. The van der Waals surface area contributed by atoms with Crippen LogP contribution < -0.4 is 0 Å². The Morgan fingerprint density at radius 1 is 1.14 bits per heavy atom. The third-order valence-electron chi connectivity index (χ3n) is 3.03. The van der Waals surface area contributed by atoms with Crippen LogP contribution in [0.25, 0.3) is 0 Å². The van der Waals surface area contributed by atoms with Crippen LogP contribution in [-0.4, -0.2) is 11.7 Å². The maximum atomic E-state index is 8.99. The summed E-state index contributed by atoms with van der Waals surface area (Å²) in [6, 6.07) is 6.55. The van der Waals surface area contributed by atoms with Gasteiger partial charge in [-0.1, -0.05) is 32.0 Å². The van der Waals surface area contributed by atoms with E-state index in [0.717, 1.165) is 6.42 Å². The second-order valence-electron chi connectivity index (χ2n) is 4.66. The zero-order valence-electron chi connectivity index (χ0n) is 9.59. The summed E-state index contributed by atoms with van der Waals surface area (Å²) in [6.07, 6.45) is 0.815. The Morgan fingerprint density at radius 2 is 1.79 bits per heavy atom. The minimum absolute atomic E-state index is 0.0766. The van der Waals surface area contributed by atoms with Crippen molar-refractivity contribution in [3.8, 4) is 0 Å². The molecule has 0 saturated carbocycles. The molecular weight excluding hydrogens is 172 g/mol. The molecule has 0 aliphatic carbocycles. The molecule has 0 aliphatic rings. The van der Waals surface area contributed by atoms with Gasteiger partial charge in [-0.3, -0.25) is 0 Å². The van der Waals surface area contributed by atoms with Gasteiger partial charge in [0.15, 0.2) is 0 Å².